The van der Waals surface area contributed by atoms with Crippen molar-refractivity contribution in [2.75, 3.05) is 0 Å². The molecule has 0 radical (unpaired) electrons. The van der Waals surface area contributed by atoms with Crippen LogP contribution in [0.5, 0.6) is 0 Å². The van der Waals surface area contributed by atoms with Crippen molar-refractivity contribution >= 4 is 27.5 Å². The summed E-state index contributed by atoms with van der Waals surface area (Å²) in [6.07, 6.45) is 0. The lowest BCUT2D eigenvalue weighted by Crippen LogP contribution is -2.41. The number of sulfonamides is 1. The highest BCUT2D eigenvalue weighted by Gasteiger charge is 2.17. The van der Waals surface area contributed by atoms with E-state index in [-0.39, 0.29) is 15.5 Å². The predicted molar refractivity (Wildman–Crippen MR) is 75.6 cm³/mol. The van der Waals surface area contributed by atoms with Crippen molar-refractivity contribution in [3.05, 3.63) is 64.7 Å². The lowest BCUT2D eigenvalue weighted by molar-refractivity contribution is 0.0945. The van der Waals surface area contributed by atoms with E-state index >= 15 is 0 Å². The fourth-order valence-electron chi connectivity index (χ4n) is 1.49. The molecular formula is C13H9ClF2N2O3S. The minimum atomic E-state index is -4.12. The van der Waals surface area contributed by atoms with Crippen LogP contribution in [0.25, 0.3) is 0 Å². The van der Waals surface area contributed by atoms with Gasteiger partial charge in [-0.05, 0) is 42.5 Å². The summed E-state index contributed by atoms with van der Waals surface area (Å²) in [7, 11) is -4.12. The smallest absolute Gasteiger partial charge is 0.266 e. The van der Waals surface area contributed by atoms with Gasteiger partial charge in [0.15, 0.2) is 0 Å². The van der Waals surface area contributed by atoms with Crippen LogP contribution in [0.4, 0.5) is 8.78 Å². The average Bonchev–Trinajstić information content (AvgIpc) is 2.48. The second-order valence-corrected chi connectivity index (χ2v) is 6.23. The molecule has 0 unspecified atom stereocenters. The summed E-state index contributed by atoms with van der Waals surface area (Å²) >= 11 is 5.50. The maximum Gasteiger partial charge on any atom is 0.266 e. The van der Waals surface area contributed by atoms with Gasteiger partial charge >= 0.3 is 0 Å². The van der Waals surface area contributed by atoms with Gasteiger partial charge in [0.2, 0.25) is 0 Å². The summed E-state index contributed by atoms with van der Waals surface area (Å²) in [5.41, 5.74) is 2.01. The highest BCUT2D eigenvalue weighted by atomic mass is 35.5. The quantitative estimate of drug-likeness (QED) is 0.834. The number of halogens is 3. The van der Waals surface area contributed by atoms with E-state index in [1.54, 1.807) is 0 Å². The Labute approximate surface area is 129 Å². The van der Waals surface area contributed by atoms with Crippen molar-refractivity contribution in [3.63, 3.8) is 0 Å². The van der Waals surface area contributed by atoms with E-state index in [1.165, 1.54) is 12.1 Å². The minimum Gasteiger partial charge on any atom is -0.273 e. The Morgan fingerprint density at radius 2 is 1.68 bits per heavy atom. The number of carbonyl (C=O) groups is 1. The van der Waals surface area contributed by atoms with Gasteiger partial charge in [0.25, 0.3) is 15.9 Å². The number of hydrogen-bond acceptors (Lipinski definition) is 3. The van der Waals surface area contributed by atoms with E-state index in [4.69, 9.17) is 11.6 Å². The van der Waals surface area contributed by atoms with Crippen molar-refractivity contribution in [1.29, 1.82) is 0 Å². The number of benzene rings is 2. The van der Waals surface area contributed by atoms with E-state index in [0.717, 1.165) is 30.3 Å². The molecule has 0 saturated carbocycles. The molecule has 116 valence electrons. The molecule has 2 aromatic rings. The van der Waals surface area contributed by atoms with E-state index < -0.39 is 27.6 Å². The standard InChI is InChI=1S/C13H9ClF2N2O3S/c14-11-7-10(5-6-12(11)16)22(20,21)18-17-13(19)8-1-3-9(15)4-2-8/h1-7,18H,(H,17,19). The van der Waals surface area contributed by atoms with Crippen molar-refractivity contribution in [1.82, 2.24) is 10.3 Å². The summed E-state index contributed by atoms with van der Waals surface area (Å²) in [4.78, 5) is 13.2. The second-order valence-electron chi connectivity index (χ2n) is 4.14. The Bertz CT molecular complexity index is 811. The third-order valence-electron chi connectivity index (χ3n) is 2.61. The molecule has 0 fully saturated rings. The Kier molecular flexibility index (Phi) is 4.74. The molecule has 2 N–H and O–H groups in total. The second kappa shape index (κ2) is 6.39. The van der Waals surface area contributed by atoms with Crippen molar-refractivity contribution in [3.8, 4) is 0 Å². The molecule has 0 heterocycles. The van der Waals surface area contributed by atoms with Crippen LogP contribution in [-0.2, 0) is 10.0 Å². The molecule has 0 aliphatic heterocycles. The first kappa shape index (κ1) is 16.3. The van der Waals surface area contributed by atoms with Gasteiger partial charge < -0.3 is 0 Å². The largest absolute Gasteiger partial charge is 0.273 e. The highest BCUT2D eigenvalue weighted by Crippen LogP contribution is 2.18. The lowest BCUT2D eigenvalue weighted by atomic mass is 10.2. The normalized spacial score (nSPS) is 11.2. The fourth-order valence-corrected chi connectivity index (χ4v) is 2.60. The zero-order valence-electron chi connectivity index (χ0n) is 10.8. The summed E-state index contributed by atoms with van der Waals surface area (Å²) < 4.78 is 49.6. The summed E-state index contributed by atoms with van der Waals surface area (Å²) in [6.45, 7) is 0. The van der Waals surface area contributed by atoms with E-state index in [1.807, 2.05) is 10.3 Å². The van der Waals surface area contributed by atoms with Crippen LogP contribution in [0.1, 0.15) is 10.4 Å². The highest BCUT2D eigenvalue weighted by molar-refractivity contribution is 7.89. The maximum atomic E-state index is 13.0. The Morgan fingerprint density at radius 3 is 2.27 bits per heavy atom. The molecule has 1 amide bonds. The van der Waals surface area contributed by atoms with Crippen LogP contribution >= 0.6 is 11.6 Å². The number of hydrazine groups is 1. The molecule has 0 aromatic heterocycles. The van der Waals surface area contributed by atoms with Crippen LogP contribution < -0.4 is 10.3 Å². The van der Waals surface area contributed by atoms with Gasteiger partial charge in [-0.2, -0.15) is 0 Å². The van der Waals surface area contributed by atoms with E-state index in [2.05, 4.69) is 0 Å². The van der Waals surface area contributed by atoms with E-state index in [9.17, 15) is 22.0 Å². The van der Waals surface area contributed by atoms with Crippen molar-refractivity contribution < 1.29 is 22.0 Å². The van der Waals surface area contributed by atoms with Gasteiger partial charge in [0.1, 0.15) is 11.6 Å². The first-order valence-electron chi connectivity index (χ1n) is 5.82. The molecule has 0 saturated heterocycles. The summed E-state index contributed by atoms with van der Waals surface area (Å²) in [6, 6.07) is 7.28. The number of carbonyl (C=O) groups excluding carboxylic acids is 1. The predicted octanol–water partition coefficient (Wildman–Crippen LogP) is 2.24. The maximum absolute atomic E-state index is 13.0. The topological polar surface area (TPSA) is 75.3 Å². The monoisotopic (exact) mass is 346 g/mol. The Morgan fingerprint density at radius 1 is 1.05 bits per heavy atom. The molecular weight excluding hydrogens is 338 g/mol. The lowest BCUT2D eigenvalue weighted by Gasteiger charge is -2.09. The zero-order chi connectivity index (χ0) is 16.3. The van der Waals surface area contributed by atoms with Crippen LogP contribution in [0.2, 0.25) is 5.02 Å². The summed E-state index contributed by atoms with van der Waals surface area (Å²) in [5, 5.41) is -0.368. The SMILES string of the molecule is O=C(NNS(=O)(=O)c1ccc(F)c(Cl)c1)c1ccc(F)cc1. The first-order chi connectivity index (χ1) is 10.3. The number of hydrogen-bond donors (Lipinski definition) is 2. The average molecular weight is 347 g/mol. The number of nitrogens with one attached hydrogen (secondary N) is 2. The molecule has 0 aliphatic carbocycles. The first-order valence-corrected chi connectivity index (χ1v) is 7.68. The van der Waals surface area contributed by atoms with Gasteiger partial charge in [0, 0.05) is 5.56 Å². The Hall–Kier alpha value is -2.03. The van der Waals surface area contributed by atoms with Gasteiger partial charge in [-0.1, -0.05) is 11.6 Å². The molecule has 0 atom stereocenters. The molecule has 0 bridgehead atoms. The number of amides is 1. The molecule has 2 aromatic carbocycles. The molecule has 2 rings (SSSR count). The molecule has 9 heteroatoms. The van der Waals surface area contributed by atoms with Gasteiger partial charge in [0.05, 0.1) is 9.92 Å². The zero-order valence-corrected chi connectivity index (χ0v) is 12.4. The molecule has 0 aliphatic rings. The van der Waals surface area contributed by atoms with Gasteiger partial charge in [-0.25, -0.2) is 17.2 Å². The van der Waals surface area contributed by atoms with Crippen molar-refractivity contribution in [2.45, 2.75) is 4.90 Å². The Balaban J connectivity index is 2.10. The number of rotatable bonds is 4. The van der Waals surface area contributed by atoms with Crippen LogP contribution in [0, 0.1) is 11.6 Å². The fraction of sp³-hybridized carbons (Fsp3) is 0. The van der Waals surface area contributed by atoms with Crippen LogP contribution in [0.15, 0.2) is 47.4 Å². The van der Waals surface area contributed by atoms with Crippen LogP contribution in [0.3, 0.4) is 0 Å². The minimum absolute atomic E-state index is 0.0567. The summed E-state index contributed by atoms with van der Waals surface area (Å²) in [5.74, 6) is -2.08. The third kappa shape index (κ3) is 3.79. The van der Waals surface area contributed by atoms with Gasteiger partial charge in [-0.3, -0.25) is 10.2 Å². The van der Waals surface area contributed by atoms with Crippen molar-refractivity contribution in [2.24, 2.45) is 0 Å². The van der Waals surface area contributed by atoms with Crippen LogP contribution in [-0.4, -0.2) is 14.3 Å². The third-order valence-corrected chi connectivity index (χ3v) is 4.14. The molecule has 5 nitrogen and oxygen atoms in total. The van der Waals surface area contributed by atoms with Gasteiger partial charge in [-0.15, -0.1) is 4.83 Å². The molecule has 0 spiro atoms. The molecule has 22 heavy (non-hydrogen) atoms. The van der Waals surface area contributed by atoms with E-state index in [0.29, 0.717) is 0 Å².